The van der Waals surface area contributed by atoms with Gasteiger partial charge in [0.25, 0.3) is 5.91 Å². The first-order valence-corrected chi connectivity index (χ1v) is 10.1. The molecule has 0 aliphatic carbocycles. The number of benzene rings is 1. The maximum atomic E-state index is 12.7. The molecule has 4 rings (SSSR count). The maximum Gasteiger partial charge on any atom is 0.293 e. The van der Waals surface area contributed by atoms with E-state index >= 15 is 0 Å². The molecule has 1 aromatic carbocycles. The van der Waals surface area contributed by atoms with Crippen molar-refractivity contribution in [2.24, 2.45) is 7.05 Å². The summed E-state index contributed by atoms with van der Waals surface area (Å²) < 4.78 is 7.44. The van der Waals surface area contributed by atoms with Gasteiger partial charge < -0.3 is 9.73 Å². The van der Waals surface area contributed by atoms with Crippen molar-refractivity contribution in [3.05, 3.63) is 53.5 Å². The fourth-order valence-corrected chi connectivity index (χ4v) is 3.60. The molecule has 3 aromatic rings. The van der Waals surface area contributed by atoms with Gasteiger partial charge in [0.2, 0.25) is 5.95 Å². The summed E-state index contributed by atoms with van der Waals surface area (Å²) >= 11 is 0. The van der Waals surface area contributed by atoms with Crippen molar-refractivity contribution >= 4 is 11.9 Å². The number of amides is 1. The van der Waals surface area contributed by atoms with Crippen molar-refractivity contribution in [1.29, 1.82) is 0 Å². The number of aromatic nitrogens is 3. The summed E-state index contributed by atoms with van der Waals surface area (Å²) in [7, 11) is 1.79. The zero-order valence-corrected chi connectivity index (χ0v) is 17.1. The lowest BCUT2D eigenvalue weighted by molar-refractivity contribution is 0.0996. The molecule has 2 N–H and O–H groups in total. The van der Waals surface area contributed by atoms with Gasteiger partial charge in [0, 0.05) is 18.5 Å². The van der Waals surface area contributed by atoms with Crippen LogP contribution in [0.3, 0.4) is 0 Å². The maximum absolute atomic E-state index is 12.7. The summed E-state index contributed by atoms with van der Waals surface area (Å²) in [4.78, 5) is 17.2. The highest BCUT2D eigenvalue weighted by Crippen LogP contribution is 2.27. The van der Waals surface area contributed by atoms with Crippen LogP contribution in [0.25, 0.3) is 11.3 Å². The number of carbonyl (C=O) groups is 1. The molecule has 1 aliphatic heterocycles. The van der Waals surface area contributed by atoms with E-state index in [1.54, 1.807) is 17.8 Å². The van der Waals surface area contributed by atoms with E-state index in [1.807, 2.05) is 18.2 Å². The van der Waals surface area contributed by atoms with Crippen LogP contribution < -0.4 is 10.6 Å². The number of nitrogens with zero attached hydrogens (tertiary/aromatic N) is 3. The van der Waals surface area contributed by atoms with Crippen LogP contribution >= 0.6 is 0 Å². The highest BCUT2D eigenvalue weighted by Gasteiger charge is 2.22. The highest BCUT2D eigenvalue weighted by atomic mass is 16.3. The van der Waals surface area contributed by atoms with Gasteiger partial charge in [-0.2, -0.15) is 10.1 Å². The molecule has 0 spiro atoms. The lowest BCUT2D eigenvalue weighted by Crippen LogP contribution is -2.27. The van der Waals surface area contributed by atoms with Crippen molar-refractivity contribution in [3.8, 4) is 11.3 Å². The number of hydrogen-bond acceptors (Lipinski definition) is 5. The van der Waals surface area contributed by atoms with E-state index in [0.29, 0.717) is 23.5 Å². The van der Waals surface area contributed by atoms with Crippen LogP contribution in [-0.4, -0.2) is 33.8 Å². The number of piperidine rings is 1. The first-order valence-electron chi connectivity index (χ1n) is 10.1. The van der Waals surface area contributed by atoms with Crippen molar-refractivity contribution in [2.75, 3.05) is 18.4 Å². The molecule has 29 heavy (non-hydrogen) atoms. The Bertz CT molecular complexity index is 998. The van der Waals surface area contributed by atoms with Crippen molar-refractivity contribution in [1.82, 2.24) is 20.1 Å². The summed E-state index contributed by atoms with van der Waals surface area (Å²) in [5, 5.41) is 10.7. The molecule has 152 valence electrons. The third-order valence-electron chi connectivity index (χ3n) is 5.38. The predicted molar refractivity (Wildman–Crippen MR) is 112 cm³/mol. The molecule has 0 atom stereocenters. The van der Waals surface area contributed by atoms with E-state index in [2.05, 4.69) is 46.7 Å². The minimum absolute atomic E-state index is 0.251. The topological polar surface area (TPSA) is 85.0 Å². The quantitative estimate of drug-likeness (QED) is 0.686. The lowest BCUT2D eigenvalue weighted by Gasteiger charge is -2.19. The summed E-state index contributed by atoms with van der Waals surface area (Å²) in [6, 6.07) is 11.7. The normalized spacial score (nSPS) is 15.0. The number of anilines is 1. The van der Waals surface area contributed by atoms with Crippen LogP contribution in [-0.2, 0) is 7.05 Å². The average Bonchev–Trinajstić information content (AvgIpc) is 3.36. The predicted octanol–water partition coefficient (Wildman–Crippen LogP) is 3.92. The van der Waals surface area contributed by atoms with Gasteiger partial charge in [-0.15, -0.1) is 0 Å². The molecule has 1 fully saturated rings. The average molecular weight is 393 g/mol. The van der Waals surface area contributed by atoms with Gasteiger partial charge in [-0.1, -0.05) is 32.0 Å². The summed E-state index contributed by atoms with van der Waals surface area (Å²) in [6.45, 7) is 6.24. The monoisotopic (exact) mass is 393 g/mol. The van der Waals surface area contributed by atoms with Gasteiger partial charge in [0.15, 0.2) is 11.6 Å². The molecule has 1 aliphatic rings. The number of nitrogens with one attached hydrogen (secondary N) is 2. The van der Waals surface area contributed by atoms with Gasteiger partial charge in [0.1, 0.15) is 5.76 Å². The first kappa shape index (κ1) is 19.4. The third kappa shape index (κ3) is 4.24. The zero-order valence-electron chi connectivity index (χ0n) is 17.1. The minimum atomic E-state index is -0.330. The Labute approximate surface area is 170 Å². The Hall–Kier alpha value is -2.93. The van der Waals surface area contributed by atoms with Gasteiger partial charge in [-0.25, -0.2) is 4.68 Å². The van der Waals surface area contributed by atoms with Gasteiger partial charge in [-0.05, 0) is 55.6 Å². The summed E-state index contributed by atoms with van der Waals surface area (Å²) in [5.74, 6) is 2.57. The standard InChI is InChI=1S/C22H27N5O2/c1-14(2)16-5-4-6-17(13-16)18-7-8-19(29-18)21(28)25-22-24-20(26-27(22)3)15-9-11-23-12-10-15/h4-8,13-15,23H,9-12H2,1-3H3,(H,24,25,26,28). The third-order valence-corrected chi connectivity index (χ3v) is 5.38. The second-order valence-electron chi connectivity index (χ2n) is 7.84. The van der Waals surface area contributed by atoms with Crippen molar-refractivity contribution in [2.45, 2.75) is 38.5 Å². The molecule has 0 radical (unpaired) electrons. The second kappa shape index (κ2) is 8.21. The smallest absolute Gasteiger partial charge is 0.293 e. The number of hydrogen-bond donors (Lipinski definition) is 2. The van der Waals surface area contributed by atoms with Crippen molar-refractivity contribution < 1.29 is 9.21 Å². The van der Waals surface area contributed by atoms with Crippen LogP contribution in [0.15, 0.2) is 40.8 Å². The molecule has 1 amide bonds. The van der Waals surface area contributed by atoms with Gasteiger partial charge >= 0.3 is 0 Å². The second-order valence-corrected chi connectivity index (χ2v) is 7.84. The van der Waals surface area contributed by atoms with E-state index in [4.69, 9.17) is 4.42 Å². The Morgan fingerprint density at radius 1 is 1.24 bits per heavy atom. The molecule has 0 unspecified atom stereocenters. The summed E-state index contributed by atoms with van der Waals surface area (Å²) in [6.07, 6.45) is 2.02. The number of furan rings is 1. The minimum Gasteiger partial charge on any atom is -0.451 e. The van der Waals surface area contributed by atoms with Crippen LogP contribution in [0, 0.1) is 0 Å². The molecule has 7 heteroatoms. The molecule has 3 heterocycles. The molecule has 1 saturated heterocycles. The number of carbonyl (C=O) groups excluding carboxylic acids is 1. The van der Waals surface area contributed by atoms with Crippen LogP contribution in [0.5, 0.6) is 0 Å². The summed E-state index contributed by atoms with van der Waals surface area (Å²) in [5.41, 5.74) is 2.19. The Kier molecular flexibility index (Phi) is 5.49. The molecule has 7 nitrogen and oxygen atoms in total. The molecular weight excluding hydrogens is 366 g/mol. The Morgan fingerprint density at radius 3 is 2.79 bits per heavy atom. The van der Waals surface area contributed by atoms with E-state index in [1.165, 1.54) is 5.56 Å². The largest absolute Gasteiger partial charge is 0.451 e. The molecule has 0 saturated carbocycles. The Balaban J connectivity index is 1.48. The van der Waals surface area contributed by atoms with Crippen LogP contribution in [0.4, 0.5) is 5.95 Å². The van der Waals surface area contributed by atoms with Crippen molar-refractivity contribution in [3.63, 3.8) is 0 Å². The fraction of sp³-hybridized carbons (Fsp3) is 0.409. The van der Waals surface area contributed by atoms with E-state index in [0.717, 1.165) is 37.3 Å². The molecular formula is C22H27N5O2. The van der Waals surface area contributed by atoms with Crippen LogP contribution in [0.1, 0.15) is 60.5 Å². The van der Waals surface area contributed by atoms with E-state index in [-0.39, 0.29) is 11.7 Å². The molecule has 0 bridgehead atoms. The lowest BCUT2D eigenvalue weighted by atomic mass is 9.98. The SMILES string of the molecule is CC(C)c1cccc(-c2ccc(C(=O)Nc3nc(C4CCNCC4)nn3C)o2)c1. The first-order chi connectivity index (χ1) is 14.0. The van der Waals surface area contributed by atoms with Gasteiger partial charge in [0.05, 0.1) is 0 Å². The highest BCUT2D eigenvalue weighted by molar-refractivity contribution is 6.01. The van der Waals surface area contributed by atoms with E-state index < -0.39 is 0 Å². The van der Waals surface area contributed by atoms with E-state index in [9.17, 15) is 4.79 Å². The zero-order chi connectivity index (χ0) is 20.4. The number of rotatable bonds is 5. The van der Waals surface area contributed by atoms with Gasteiger partial charge in [-0.3, -0.25) is 10.1 Å². The molecule has 2 aromatic heterocycles. The van der Waals surface area contributed by atoms with Crippen LogP contribution in [0.2, 0.25) is 0 Å². The fourth-order valence-electron chi connectivity index (χ4n) is 3.60. The Morgan fingerprint density at radius 2 is 2.03 bits per heavy atom. The number of aryl methyl sites for hydroxylation is 1.